The summed E-state index contributed by atoms with van der Waals surface area (Å²) in [5, 5.41) is 9.59. The third kappa shape index (κ3) is 4.71. The molecule has 0 saturated heterocycles. The van der Waals surface area contributed by atoms with E-state index in [1.54, 1.807) is 5.56 Å². The topological polar surface area (TPSA) is 62.5 Å². The van der Waals surface area contributed by atoms with Crippen LogP contribution in [0.2, 0.25) is 0 Å². The van der Waals surface area contributed by atoms with Gasteiger partial charge >= 0.3 is 0 Å². The maximum absolute atomic E-state index is 9.59. The van der Waals surface area contributed by atoms with Crippen molar-refractivity contribution in [3.05, 3.63) is 162 Å². The van der Waals surface area contributed by atoms with E-state index in [4.69, 9.17) is 15.0 Å². The van der Waals surface area contributed by atoms with Crippen molar-refractivity contribution in [1.29, 1.82) is 5.26 Å². The molecular weight excluding hydrogens is 657 g/mol. The Labute approximate surface area is 316 Å². The van der Waals surface area contributed by atoms with Crippen molar-refractivity contribution in [3.8, 4) is 73.6 Å². The standard InChI is InChI=1S/C50H38N4/c51-30-31-17-19-34(20-18-31)41-13-7-15-43-44-16-8-14-42(46(44)50(45(41)43)39-26-32-25-33(28-39)29-40(50)27-32)35-21-23-38(24-22-35)49-53-47(36-9-3-1-4-10-36)52-48(54-49)37-11-5-2-6-12-37/h1-24,32-33,39-40H,25-29H2. The minimum absolute atomic E-state index is 0.0405. The predicted molar refractivity (Wildman–Crippen MR) is 215 cm³/mol. The molecule has 4 saturated carbocycles. The molecule has 0 unspecified atom stereocenters. The lowest BCUT2D eigenvalue weighted by Crippen LogP contribution is -2.55. The summed E-state index contributed by atoms with van der Waals surface area (Å²) in [6.07, 6.45) is 6.67. The summed E-state index contributed by atoms with van der Waals surface area (Å²) in [5.74, 6) is 4.94. The van der Waals surface area contributed by atoms with Crippen LogP contribution < -0.4 is 0 Å². The average Bonchev–Trinajstić information content (AvgIpc) is 3.54. The molecule has 4 nitrogen and oxygen atoms in total. The monoisotopic (exact) mass is 694 g/mol. The van der Waals surface area contributed by atoms with E-state index in [0.29, 0.717) is 34.9 Å². The van der Waals surface area contributed by atoms with Crippen LogP contribution in [0.5, 0.6) is 0 Å². The Morgan fingerprint density at radius 3 is 1.24 bits per heavy atom. The zero-order valence-corrected chi connectivity index (χ0v) is 30.0. The van der Waals surface area contributed by atoms with Gasteiger partial charge in [0.15, 0.2) is 17.5 Å². The maximum atomic E-state index is 9.59. The molecule has 1 spiro atoms. The summed E-state index contributed by atoms with van der Waals surface area (Å²) in [5.41, 5.74) is 14.6. The van der Waals surface area contributed by atoms with Crippen LogP contribution in [0.1, 0.15) is 48.8 Å². The molecule has 7 aromatic rings. The van der Waals surface area contributed by atoms with Crippen LogP contribution in [0.4, 0.5) is 0 Å². The highest BCUT2D eigenvalue weighted by Crippen LogP contribution is 2.71. The minimum Gasteiger partial charge on any atom is -0.208 e. The number of hydrogen-bond donors (Lipinski definition) is 0. The number of benzene rings is 6. The lowest BCUT2D eigenvalue weighted by molar-refractivity contribution is -0.0395. The van der Waals surface area contributed by atoms with Crippen LogP contribution in [0.25, 0.3) is 67.5 Å². The minimum atomic E-state index is -0.0405. The number of rotatable bonds is 5. The van der Waals surface area contributed by atoms with Crippen molar-refractivity contribution in [2.24, 2.45) is 23.7 Å². The fourth-order valence-electron chi connectivity index (χ4n) is 11.3. The van der Waals surface area contributed by atoms with Crippen molar-refractivity contribution in [2.45, 2.75) is 37.5 Å². The molecule has 0 radical (unpaired) electrons. The predicted octanol–water partition coefficient (Wildman–Crippen LogP) is 11.8. The van der Waals surface area contributed by atoms with Crippen LogP contribution in [0.15, 0.2) is 146 Å². The van der Waals surface area contributed by atoms with Gasteiger partial charge in [0.05, 0.1) is 11.6 Å². The fourth-order valence-corrected chi connectivity index (χ4v) is 11.3. The van der Waals surface area contributed by atoms with Crippen LogP contribution in [0, 0.1) is 35.0 Å². The molecule has 4 bridgehead atoms. The zero-order chi connectivity index (χ0) is 35.8. The lowest BCUT2D eigenvalue weighted by Gasteiger charge is -2.61. The molecule has 0 N–H and O–H groups in total. The molecule has 1 heterocycles. The quantitative estimate of drug-likeness (QED) is 0.180. The van der Waals surface area contributed by atoms with Gasteiger partial charge in [-0.25, -0.2) is 15.0 Å². The van der Waals surface area contributed by atoms with Gasteiger partial charge in [-0.3, -0.25) is 0 Å². The van der Waals surface area contributed by atoms with Crippen molar-refractivity contribution < 1.29 is 0 Å². The molecule has 6 aromatic carbocycles. The van der Waals surface area contributed by atoms with Gasteiger partial charge in [-0.15, -0.1) is 0 Å². The van der Waals surface area contributed by atoms with Gasteiger partial charge in [0.2, 0.25) is 0 Å². The number of hydrogen-bond acceptors (Lipinski definition) is 4. The highest BCUT2D eigenvalue weighted by atomic mass is 15.0. The van der Waals surface area contributed by atoms with E-state index in [-0.39, 0.29) is 5.41 Å². The smallest absolute Gasteiger partial charge is 0.164 e. The van der Waals surface area contributed by atoms with E-state index in [1.807, 2.05) is 48.5 Å². The molecule has 54 heavy (non-hydrogen) atoms. The Hall–Kier alpha value is -6.18. The summed E-state index contributed by atoms with van der Waals surface area (Å²) in [4.78, 5) is 14.9. The molecule has 258 valence electrons. The normalized spacial score (nSPS) is 22.9. The van der Waals surface area contributed by atoms with Crippen molar-refractivity contribution in [2.75, 3.05) is 0 Å². The highest BCUT2D eigenvalue weighted by Gasteiger charge is 2.62. The van der Waals surface area contributed by atoms with E-state index >= 15 is 0 Å². The van der Waals surface area contributed by atoms with Gasteiger partial charge in [-0.05, 0) is 112 Å². The first-order valence-corrected chi connectivity index (χ1v) is 19.4. The molecule has 0 amide bonds. The zero-order valence-electron chi connectivity index (χ0n) is 30.0. The Balaban J connectivity index is 1.07. The van der Waals surface area contributed by atoms with Crippen LogP contribution in [0.3, 0.4) is 0 Å². The van der Waals surface area contributed by atoms with Crippen molar-refractivity contribution in [3.63, 3.8) is 0 Å². The van der Waals surface area contributed by atoms with Crippen LogP contribution >= 0.6 is 0 Å². The van der Waals surface area contributed by atoms with Crippen molar-refractivity contribution in [1.82, 2.24) is 15.0 Å². The third-order valence-electron chi connectivity index (χ3n) is 13.2. The Morgan fingerprint density at radius 1 is 0.407 bits per heavy atom. The second kappa shape index (κ2) is 12.2. The average molecular weight is 695 g/mol. The highest BCUT2D eigenvalue weighted by molar-refractivity contribution is 5.94. The molecule has 0 atom stereocenters. The van der Waals surface area contributed by atoms with Gasteiger partial charge in [0, 0.05) is 22.1 Å². The van der Waals surface area contributed by atoms with Crippen molar-refractivity contribution >= 4 is 0 Å². The van der Waals surface area contributed by atoms with Gasteiger partial charge < -0.3 is 0 Å². The van der Waals surface area contributed by atoms with E-state index < -0.39 is 0 Å². The first-order valence-electron chi connectivity index (χ1n) is 19.4. The molecule has 4 heteroatoms. The number of nitriles is 1. The summed E-state index contributed by atoms with van der Waals surface area (Å²) >= 11 is 0. The number of nitrogens with zero attached hydrogens (tertiary/aromatic N) is 4. The van der Waals surface area contributed by atoms with Gasteiger partial charge in [-0.1, -0.05) is 133 Å². The van der Waals surface area contributed by atoms with E-state index in [9.17, 15) is 5.26 Å². The molecule has 5 aliphatic rings. The van der Waals surface area contributed by atoms with E-state index in [1.165, 1.54) is 71.0 Å². The third-order valence-corrected chi connectivity index (χ3v) is 13.2. The van der Waals surface area contributed by atoms with E-state index in [2.05, 4.69) is 103 Å². The summed E-state index contributed by atoms with van der Waals surface area (Å²) in [6.45, 7) is 0. The largest absolute Gasteiger partial charge is 0.208 e. The first-order chi connectivity index (χ1) is 26.7. The second-order valence-corrected chi connectivity index (χ2v) is 15.9. The summed E-state index contributed by atoms with van der Waals surface area (Å²) in [7, 11) is 0. The summed E-state index contributed by atoms with van der Waals surface area (Å²) < 4.78 is 0. The van der Waals surface area contributed by atoms with Gasteiger partial charge in [0.25, 0.3) is 0 Å². The Kier molecular flexibility index (Phi) is 7.07. The molecule has 4 fully saturated rings. The SMILES string of the molecule is N#Cc1ccc(-c2cccc3c2C2(c4c(-c5ccc(-c6nc(-c7ccccc7)nc(-c7ccccc7)n6)cc5)cccc4-3)C3CC4CC(C3)CC2C4)cc1. The molecule has 12 rings (SSSR count). The Morgan fingerprint density at radius 2 is 0.796 bits per heavy atom. The maximum Gasteiger partial charge on any atom is 0.164 e. The molecule has 0 aliphatic heterocycles. The lowest BCUT2D eigenvalue weighted by atomic mass is 9.42. The van der Waals surface area contributed by atoms with Gasteiger partial charge in [-0.2, -0.15) is 5.26 Å². The Bertz CT molecular complexity index is 2520. The number of aromatic nitrogens is 3. The number of fused-ring (bicyclic) bond motifs is 3. The second-order valence-electron chi connectivity index (χ2n) is 15.9. The molecular formula is C50H38N4. The fraction of sp³-hybridized carbons (Fsp3) is 0.200. The summed E-state index contributed by atoms with van der Waals surface area (Å²) in [6, 6.07) is 53.9. The molecule has 5 aliphatic carbocycles. The van der Waals surface area contributed by atoms with E-state index in [0.717, 1.165) is 28.5 Å². The first kappa shape index (κ1) is 31.4. The van der Waals surface area contributed by atoms with Gasteiger partial charge in [0.1, 0.15) is 0 Å². The van der Waals surface area contributed by atoms with Crippen LogP contribution in [-0.4, -0.2) is 15.0 Å². The molecule has 1 aromatic heterocycles. The van der Waals surface area contributed by atoms with Crippen LogP contribution in [-0.2, 0) is 5.41 Å².